The number of anilines is 1. The van der Waals surface area contributed by atoms with Gasteiger partial charge in [-0.05, 0) is 29.8 Å². The molecule has 0 aliphatic rings. The third-order valence-corrected chi connectivity index (χ3v) is 2.12. The average molecular weight is 274 g/mol. The molecule has 0 saturated heterocycles. The van der Waals surface area contributed by atoms with Crippen LogP contribution in [-0.2, 0) is 4.74 Å². The minimum Gasteiger partial charge on any atom is -0.464 e. The standard InChI is InChI=1S/C9H12BrN3O2/c1-5(2)12-9-11-4-6(10)7(13-9)8(14)15-3/h4-5H,1-3H3,(H,11,12,13). The number of nitrogens with one attached hydrogen (secondary N) is 1. The van der Waals surface area contributed by atoms with Crippen LogP contribution in [0.2, 0.25) is 0 Å². The zero-order valence-electron chi connectivity index (χ0n) is 8.74. The van der Waals surface area contributed by atoms with E-state index < -0.39 is 5.97 Å². The number of rotatable bonds is 3. The maximum absolute atomic E-state index is 11.3. The van der Waals surface area contributed by atoms with Gasteiger partial charge in [-0.2, -0.15) is 0 Å². The summed E-state index contributed by atoms with van der Waals surface area (Å²) in [6, 6.07) is 0.205. The van der Waals surface area contributed by atoms with E-state index in [0.717, 1.165) is 0 Å². The summed E-state index contributed by atoms with van der Waals surface area (Å²) in [4.78, 5) is 19.4. The van der Waals surface area contributed by atoms with Crippen LogP contribution in [0.4, 0.5) is 5.95 Å². The molecule has 1 rings (SSSR count). The average Bonchev–Trinajstić information content (AvgIpc) is 2.19. The first kappa shape index (κ1) is 11.9. The number of methoxy groups -OCH3 is 1. The molecule has 0 aliphatic heterocycles. The van der Waals surface area contributed by atoms with Crippen LogP contribution in [0.1, 0.15) is 24.3 Å². The molecule has 1 aromatic rings. The Morgan fingerprint density at radius 2 is 2.27 bits per heavy atom. The molecule has 1 aromatic heterocycles. The smallest absolute Gasteiger partial charge is 0.358 e. The topological polar surface area (TPSA) is 64.1 Å². The number of hydrogen-bond acceptors (Lipinski definition) is 5. The second kappa shape index (κ2) is 5.06. The molecule has 82 valence electrons. The fraction of sp³-hybridized carbons (Fsp3) is 0.444. The van der Waals surface area contributed by atoms with Crippen molar-refractivity contribution in [2.45, 2.75) is 19.9 Å². The maximum atomic E-state index is 11.3. The van der Waals surface area contributed by atoms with Crippen molar-refractivity contribution in [1.29, 1.82) is 0 Å². The van der Waals surface area contributed by atoms with Gasteiger partial charge in [-0.3, -0.25) is 0 Å². The summed E-state index contributed by atoms with van der Waals surface area (Å²) in [5.74, 6) is -0.0790. The molecule has 0 aromatic carbocycles. The molecule has 5 nitrogen and oxygen atoms in total. The summed E-state index contributed by atoms with van der Waals surface area (Å²) in [5.41, 5.74) is 0.218. The van der Waals surface area contributed by atoms with Crippen molar-refractivity contribution in [3.05, 3.63) is 16.4 Å². The molecule has 0 saturated carbocycles. The molecule has 1 heterocycles. The van der Waals surface area contributed by atoms with Gasteiger partial charge >= 0.3 is 5.97 Å². The molecule has 0 fully saturated rings. The van der Waals surface area contributed by atoms with Crippen LogP contribution in [0.25, 0.3) is 0 Å². The van der Waals surface area contributed by atoms with Gasteiger partial charge in [0, 0.05) is 12.2 Å². The molecule has 6 heteroatoms. The number of nitrogens with zero attached hydrogens (tertiary/aromatic N) is 2. The molecular weight excluding hydrogens is 262 g/mol. The van der Waals surface area contributed by atoms with Crippen LogP contribution in [0, 0.1) is 0 Å². The Hall–Kier alpha value is -1.17. The molecule has 0 spiro atoms. The summed E-state index contributed by atoms with van der Waals surface area (Å²) in [6.45, 7) is 3.92. The Balaban J connectivity index is 3.00. The van der Waals surface area contributed by atoms with Crippen molar-refractivity contribution in [3.63, 3.8) is 0 Å². The fourth-order valence-corrected chi connectivity index (χ4v) is 1.29. The van der Waals surface area contributed by atoms with Gasteiger partial charge in [-0.25, -0.2) is 14.8 Å². The summed E-state index contributed by atoms with van der Waals surface area (Å²) < 4.78 is 5.11. The molecule has 0 bridgehead atoms. The van der Waals surface area contributed by atoms with Gasteiger partial charge in [0.1, 0.15) is 0 Å². The van der Waals surface area contributed by atoms with Gasteiger partial charge < -0.3 is 10.1 Å². The predicted molar refractivity (Wildman–Crippen MR) is 59.8 cm³/mol. The van der Waals surface area contributed by atoms with Crippen molar-refractivity contribution < 1.29 is 9.53 Å². The molecule has 15 heavy (non-hydrogen) atoms. The fourth-order valence-electron chi connectivity index (χ4n) is 0.935. The van der Waals surface area contributed by atoms with Gasteiger partial charge in [0.25, 0.3) is 0 Å². The third-order valence-electron chi connectivity index (χ3n) is 1.54. The first-order valence-electron chi connectivity index (χ1n) is 4.42. The first-order valence-corrected chi connectivity index (χ1v) is 5.21. The second-order valence-electron chi connectivity index (χ2n) is 3.18. The van der Waals surface area contributed by atoms with Gasteiger partial charge in [-0.15, -0.1) is 0 Å². The maximum Gasteiger partial charge on any atom is 0.358 e. The molecule has 1 N–H and O–H groups in total. The van der Waals surface area contributed by atoms with Gasteiger partial charge in [0.05, 0.1) is 11.6 Å². The van der Waals surface area contributed by atoms with Gasteiger partial charge in [-0.1, -0.05) is 0 Å². The van der Waals surface area contributed by atoms with Crippen LogP contribution in [0.3, 0.4) is 0 Å². The second-order valence-corrected chi connectivity index (χ2v) is 4.04. The Morgan fingerprint density at radius 3 is 2.80 bits per heavy atom. The monoisotopic (exact) mass is 273 g/mol. The largest absolute Gasteiger partial charge is 0.464 e. The summed E-state index contributed by atoms with van der Waals surface area (Å²) >= 11 is 3.18. The van der Waals surface area contributed by atoms with Crippen molar-refractivity contribution in [1.82, 2.24) is 9.97 Å². The Morgan fingerprint density at radius 1 is 1.60 bits per heavy atom. The van der Waals surface area contributed by atoms with E-state index in [4.69, 9.17) is 0 Å². The third kappa shape index (κ3) is 3.16. The zero-order chi connectivity index (χ0) is 11.4. The number of ether oxygens (including phenoxy) is 1. The molecular formula is C9H12BrN3O2. The van der Waals surface area contributed by atoms with E-state index in [0.29, 0.717) is 10.4 Å². The van der Waals surface area contributed by atoms with E-state index in [1.54, 1.807) is 0 Å². The van der Waals surface area contributed by atoms with E-state index in [-0.39, 0.29) is 11.7 Å². The van der Waals surface area contributed by atoms with E-state index in [9.17, 15) is 4.79 Å². The van der Waals surface area contributed by atoms with Gasteiger partial charge in [0.2, 0.25) is 5.95 Å². The lowest BCUT2D eigenvalue weighted by molar-refractivity contribution is 0.0593. The van der Waals surface area contributed by atoms with Gasteiger partial charge in [0.15, 0.2) is 5.69 Å². The summed E-state index contributed by atoms with van der Waals surface area (Å²) in [7, 11) is 1.31. The number of esters is 1. The SMILES string of the molecule is COC(=O)c1nc(NC(C)C)ncc1Br. The number of aromatic nitrogens is 2. The van der Waals surface area contributed by atoms with E-state index in [1.807, 2.05) is 13.8 Å². The number of carbonyl (C=O) groups excluding carboxylic acids is 1. The van der Waals surface area contributed by atoms with E-state index in [1.165, 1.54) is 13.3 Å². The van der Waals surface area contributed by atoms with Crippen LogP contribution < -0.4 is 5.32 Å². The number of carbonyl (C=O) groups is 1. The van der Waals surface area contributed by atoms with Crippen LogP contribution in [0.5, 0.6) is 0 Å². The van der Waals surface area contributed by atoms with Crippen molar-refractivity contribution in [2.75, 3.05) is 12.4 Å². The summed E-state index contributed by atoms with van der Waals surface area (Å²) in [6.07, 6.45) is 1.52. The van der Waals surface area contributed by atoms with Crippen molar-refractivity contribution >= 4 is 27.8 Å². The molecule has 0 unspecified atom stereocenters. The predicted octanol–water partition coefficient (Wildman–Crippen LogP) is 1.85. The van der Waals surface area contributed by atoms with Crippen molar-refractivity contribution in [2.24, 2.45) is 0 Å². The molecule has 0 aliphatic carbocycles. The lowest BCUT2D eigenvalue weighted by atomic mass is 10.4. The highest BCUT2D eigenvalue weighted by atomic mass is 79.9. The molecule has 0 amide bonds. The molecule has 0 radical (unpaired) electrons. The minimum absolute atomic E-state index is 0.205. The Labute approximate surface area is 96.4 Å². The van der Waals surface area contributed by atoms with E-state index in [2.05, 4.69) is 36.0 Å². The zero-order valence-corrected chi connectivity index (χ0v) is 10.3. The Kier molecular flexibility index (Phi) is 4.02. The summed E-state index contributed by atoms with van der Waals surface area (Å²) in [5, 5.41) is 3.00. The first-order chi connectivity index (χ1) is 7.04. The molecule has 0 atom stereocenters. The lowest BCUT2D eigenvalue weighted by Gasteiger charge is -2.09. The van der Waals surface area contributed by atoms with Crippen molar-refractivity contribution in [3.8, 4) is 0 Å². The van der Waals surface area contributed by atoms with Crippen LogP contribution in [0.15, 0.2) is 10.7 Å². The highest BCUT2D eigenvalue weighted by molar-refractivity contribution is 9.10. The minimum atomic E-state index is -0.490. The quantitative estimate of drug-likeness (QED) is 0.852. The number of halogens is 1. The van der Waals surface area contributed by atoms with Crippen LogP contribution >= 0.6 is 15.9 Å². The Bertz CT molecular complexity index is 368. The van der Waals surface area contributed by atoms with E-state index >= 15 is 0 Å². The number of hydrogen-bond donors (Lipinski definition) is 1. The highest BCUT2D eigenvalue weighted by Gasteiger charge is 2.14. The lowest BCUT2D eigenvalue weighted by Crippen LogP contribution is -2.15. The highest BCUT2D eigenvalue weighted by Crippen LogP contribution is 2.16. The van der Waals surface area contributed by atoms with Crippen LogP contribution in [-0.4, -0.2) is 29.1 Å². The normalized spacial score (nSPS) is 10.2.